The maximum atomic E-state index is 12.4. The third-order valence-corrected chi connectivity index (χ3v) is 6.01. The molecule has 0 unspecified atom stereocenters. The summed E-state index contributed by atoms with van der Waals surface area (Å²) < 4.78 is 24.8. The number of rotatable bonds is 4. The van der Waals surface area contributed by atoms with Gasteiger partial charge in [0.2, 0.25) is 0 Å². The highest BCUT2D eigenvalue weighted by Gasteiger charge is 2.29. The topological polar surface area (TPSA) is 97.5 Å². The first-order chi connectivity index (χ1) is 9.42. The van der Waals surface area contributed by atoms with E-state index in [2.05, 4.69) is 0 Å². The Kier molecular flexibility index (Phi) is 4.32. The first-order valence-corrected chi connectivity index (χ1v) is 8.45. The van der Waals surface area contributed by atoms with Crippen LogP contribution >= 0.6 is 0 Å². The van der Waals surface area contributed by atoms with Gasteiger partial charge in [0.1, 0.15) is 0 Å². The van der Waals surface area contributed by atoms with Crippen molar-refractivity contribution in [3.05, 3.63) is 29.3 Å². The lowest BCUT2D eigenvalue weighted by molar-refractivity contribution is 0.0697. The Bertz CT molecular complexity index is 604. The zero-order valence-electron chi connectivity index (χ0n) is 11.2. The molecule has 3 N–H and O–H groups in total. The van der Waals surface area contributed by atoms with Gasteiger partial charge in [0, 0.05) is 5.69 Å². The molecule has 0 aromatic heterocycles. The summed E-state index contributed by atoms with van der Waals surface area (Å²) in [6.07, 6.45) is 4.27. The van der Waals surface area contributed by atoms with E-state index in [1.165, 1.54) is 12.1 Å². The summed E-state index contributed by atoms with van der Waals surface area (Å²) >= 11 is 0. The predicted molar refractivity (Wildman–Crippen MR) is 77.3 cm³/mol. The summed E-state index contributed by atoms with van der Waals surface area (Å²) in [5.74, 6) is -1.43. The largest absolute Gasteiger partial charge is 0.478 e. The predicted octanol–water partition coefficient (Wildman–Crippen LogP) is 2.21. The van der Waals surface area contributed by atoms with Gasteiger partial charge < -0.3 is 10.8 Å². The minimum atomic E-state index is -3.33. The molecule has 0 amide bonds. The number of carboxylic acids is 1. The molecular weight excluding hydrogens is 278 g/mol. The molecule has 5 nitrogen and oxygen atoms in total. The molecule has 0 heterocycles. The van der Waals surface area contributed by atoms with E-state index in [1.54, 1.807) is 6.07 Å². The van der Waals surface area contributed by atoms with Crippen molar-refractivity contribution in [2.75, 3.05) is 5.73 Å². The fourth-order valence-corrected chi connectivity index (χ4v) is 4.72. The van der Waals surface area contributed by atoms with Crippen LogP contribution in [-0.4, -0.2) is 24.7 Å². The fraction of sp³-hybridized carbons (Fsp3) is 0.500. The quantitative estimate of drug-likeness (QED) is 0.830. The molecule has 2 rings (SSSR count). The summed E-state index contributed by atoms with van der Waals surface area (Å²) in [6, 6.07) is 4.59. The van der Waals surface area contributed by atoms with Gasteiger partial charge >= 0.3 is 5.97 Å². The van der Waals surface area contributed by atoms with Gasteiger partial charge in [-0.25, -0.2) is 13.2 Å². The Morgan fingerprint density at radius 2 is 1.90 bits per heavy atom. The van der Waals surface area contributed by atoms with Crippen LogP contribution in [-0.2, 0) is 15.6 Å². The zero-order chi connectivity index (χ0) is 14.8. The second-order valence-corrected chi connectivity index (χ2v) is 7.53. The van der Waals surface area contributed by atoms with E-state index in [0.29, 0.717) is 12.8 Å². The van der Waals surface area contributed by atoms with Crippen molar-refractivity contribution < 1.29 is 18.3 Å². The Morgan fingerprint density at radius 1 is 1.25 bits per heavy atom. The molecule has 0 bridgehead atoms. The van der Waals surface area contributed by atoms with Crippen LogP contribution in [0.2, 0.25) is 0 Å². The third-order valence-electron chi connectivity index (χ3n) is 3.81. The highest BCUT2D eigenvalue weighted by Crippen LogP contribution is 2.28. The van der Waals surface area contributed by atoms with Gasteiger partial charge in [0.25, 0.3) is 0 Å². The fourth-order valence-electron chi connectivity index (χ4n) is 2.76. The number of nitrogen functional groups attached to an aromatic ring is 1. The van der Waals surface area contributed by atoms with Crippen LogP contribution in [0.15, 0.2) is 18.2 Å². The second kappa shape index (κ2) is 5.83. The van der Waals surface area contributed by atoms with E-state index in [-0.39, 0.29) is 27.8 Å². The molecular formula is C14H19NO4S. The molecule has 1 aliphatic rings. The van der Waals surface area contributed by atoms with Gasteiger partial charge in [0.05, 0.1) is 16.6 Å². The number of benzene rings is 1. The minimum absolute atomic E-state index is 0.0908. The van der Waals surface area contributed by atoms with Crippen LogP contribution in [0.4, 0.5) is 5.69 Å². The molecule has 6 heteroatoms. The number of carbonyl (C=O) groups is 1. The molecule has 0 aliphatic heterocycles. The molecule has 1 aromatic rings. The zero-order valence-corrected chi connectivity index (χ0v) is 12.0. The molecule has 0 spiro atoms. The summed E-state index contributed by atoms with van der Waals surface area (Å²) in [5, 5.41) is 8.83. The number of sulfone groups is 1. The van der Waals surface area contributed by atoms with Crippen LogP contribution in [0.1, 0.15) is 48.0 Å². The van der Waals surface area contributed by atoms with Gasteiger partial charge in [-0.3, -0.25) is 0 Å². The molecule has 0 radical (unpaired) electrons. The monoisotopic (exact) mass is 297 g/mol. The Labute approximate surface area is 118 Å². The third kappa shape index (κ3) is 3.12. The number of anilines is 1. The van der Waals surface area contributed by atoms with E-state index < -0.39 is 15.8 Å². The molecule has 0 atom stereocenters. The highest BCUT2D eigenvalue weighted by atomic mass is 32.2. The van der Waals surface area contributed by atoms with E-state index in [4.69, 9.17) is 5.73 Å². The lowest BCUT2D eigenvalue weighted by Gasteiger charge is -2.22. The smallest absolute Gasteiger partial charge is 0.338 e. The van der Waals surface area contributed by atoms with Gasteiger partial charge in [-0.2, -0.15) is 0 Å². The summed E-state index contributed by atoms with van der Waals surface area (Å²) in [5.41, 5.74) is 5.94. The van der Waals surface area contributed by atoms with Crippen molar-refractivity contribution in [2.45, 2.75) is 43.1 Å². The van der Waals surface area contributed by atoms with Crippen LogP contribution in [0.5, 0.6) is 0 Å². The minimum Gasteiger partial charge on any atom is -0.478 e. The molecule has 110 valence electrons. The molecule has 1 aliphatic carbocycles. The van der Waals surface area contributed by atoms with E-state index >= 15 is 0 Å². The molecule has 0 saturated heterocycles. The van der Waals surface area contributed by atoms with Crippen molar-refractivity contribution in [1.29, 1.82) is 0 Å². The van der Waals surface area contributed by atoms with Crippen LogP contribution in [0.3, 0.4) is 0 Å². The van der Waals surface area contributed by atoms with Crippen LogP contribution in [0.25, 0.3) is 0 Å². The molecule has 1 saturated carbocycles. The standard InChI is InChI=1S/C14H19NO4S/c15-12-8-4-5-10(13(12)14(16)17)9-20(18,19)11-6-2-1-3-7-11/h4-5,8,11H,1-3,6-7,9,15H2,(H,16,17). The molecule has 20 heavy (non-hydrogen) atoms. The molecule has 1 fully saturated rings. The highest BCUT2D eigenvalue weighted by molar-refractivity contribution is 7.91. The summed E-state index contributed by atoms with van der Waals surface area (Å²) in [6.45, 7) is 0. The second-order valence-electron chi connectivity index (χ2n) is 5.25. The van der Waals surface area contributed by atoms with Crippen LogP contribution < -0.4 is 5.73 Å². The lowest BCUT2D eigenvalue weighted by Crippen LogP contribution is -2.26. The van der Waals surface area contributed by atoms with Crippen molar-refractivity contribution in [3.8, 4) is 0 Å². The number of carboxylic acid groups (broad SMARTS) is 1. The average Bonchev–Trinajstić information content (AvgIpc) is 2.39. The first kappa shape index (κ1) is 14.8. The number of aromatic carboxylic acids is 1. The Morgan fingerprint density at radius 3 is 2.50 bits per heavy atom. The van der Waals surface area contributed by atoms with Gasteiger partial charge in [-0.15, -0.1) is 0 Å². The number of nitrogens with two attached hydrogens (primary N) is 1. The van der Waals surface area contributed by atoms with Crippen LogP contribution in [0, 0.1) is 0 Å². The summed E-state index contributed by atoms with van der Waals surface area (Å²) in [7, 11) is -3.33. The number of hydrogen-bond donors (Lipinski definition) is 2. The average molecular weight is 297 g/mol. The maximum absolute atomic E-state index is 12.4. The van der Waals surface area contributed by atoms with E-state index in [1.807, 2.05) is 0 Å². The van der Waals surface area contributed by atoms with Gasteiger partial charge in [0.15, 0.2) is 9.84 Å². The Balaban J connectivity index is 2.29. The normalized spacial score (nSPS) is 17.0. The summed E-state index contributed by atoms with van der Waals surface area (Å²) in [4.78, 5) is 11.2. The van der Waals surface area contributed by atoms with Gasteiger partial charge in [-0.05, 0) is 24.5 Å². The molecule has 1 aromatic carbocycles. The van der Waals surface area contributed by atoms with Crippen molar-refractivity contribution in [2.24, 2.45) is 0 Å². The van der Waals surface area contributed by atoms with Crippen molar-refractivity contribution in [3.63, 3.8) is 0 Å². The van der Waals surface area contributed by atoms with E-state index in [9.17, 15) is 18.3 Å². The van der Waals surface area contributed by atoms with Gasteiger partial charge in [-0.1, -0.05) is 31.4 Å². The van der Waals surface area contributed by atoms with E-state index in [0.717, 1.165) is 19.3 Å². The lowest BCUT2D eigenvalue weighted by atomic mass is 10.0. The number of hydrogen-bond acceptors (Lipinski definition) is 4. The first-order valence-electron chi connectivity index (χ1n) is 6.74. The Hall–Kier alpha value is -1.56. The van der Waals surface area contributed by atoms with Crippen molar-refractivity contribution >= 4 is 21.5 Å². The maximum Gasteiger partial charge on any atom is 0.338 e. The van der Waals surface area contributed by atoms with Crippen molar-refractivity contribution in [1.82, 2.24) is 0 Å². The SMILES string of the molecule is Nc1cccc(CS(=O)(=O)C2CCCCC2)c1C(=O)O.